The van der Waals surface area contributed by atoms with Gasteiger partial charge in [0.05, 0.1) is 12.2 Å². The van der Waals surface area contributed by atoms with Crippen molar-refractivity contribution in [1.29, 1.82) is 0 Å². The summed E-state index contributed by atoms with van der Waals surface area (Å²) >= 11 is 0. The fraction of sp³-hybridized carbons (Fsp3) is 1.00. The Balaban J connectivity index is 1.51. The van der Waals surface area contributed by atoms with Gasteiger partial charge in [0.2, 0.25) is 0 Å². The molecule has 0 spiro atoms. The van der Waals surface area contributed by atoms with E-state index in [1.807, 2.05) is 0 Å². The molecular formula is C15H25NO. The monoisotopic (exact) mass is 235 g/mol. The van der Waals surface area contributed by atoms with Crippen LogP contribution in [0.5, 0.6) is 0 Å². The zero-order chi connectivity index (χ0) is 11.4. The average molecular weight is 235 g/mol. The van der Waals surface area contributed by atoms with E-state index in [1.54, 1.807) is 0 Å². The Labute approximate surface area is 104 Å². The lowest BCUT2D eigenvalue weighted by atomic mass is 9.73. The Hall–Kier alpha value is -0.0800. The van der Waals surface area contributed by atoms with Crippen molar-refractivity contribution in [2.24, 2.45) is 23.7 Å². The van der Waals surface area contributed by atoms with Crippen molar-refractivity contribution in [3.8, 4) is 0 Å². The Morgan fingerprint density at radius 1 is 1.00 bits per heavy atom. The molecule has 2 aliphatic heterocycles. The van der Waals surface area contributed by atoms with E-state index in [4.69, 9.17) is 4.74 Å². The van der Waals surface area contributed by atoms with Gasteiger partial charge in [-0.2, -0.15) is 0 Å². The number of hydrogen-bond donors (Lipinski definition) is 1. The lowest BCUT2D eigenvalue weighted by Crippen LogP contribution is -2.45. The number of rotatable bonds is 3. The van der Waals surface area contributed by atoms with Gasteiger partial charge in [0.1, 0.15) is 0 Å². The van der Waals surface area contributed by atoms with Gasteiger partial charge in [-0.05, 0) is 63.3 Å². The van der Waals surface area contributed by atoms with Crippen molar-refractivity contribution in [2.45, 2.75) is 63.2 Å². The molecule has 0 aromatic rings. The van der Waals surface area contributed by atoms with E-state index in [2.05, 4.69) is 12.4 Å². The molecule has 2 saturated heterocycles. The molecule has 4 rings (SSSR count). The molecule has 4 bridgehead atoms. The Bertz CT molecular complexity index is 277. The van der Waals surface area contributed by atoms with Gasteiger partial charge in [-0.15, -0.1) is 0 Å². The van der Waals surface area contributed by atoms with Crippen LogP contribution in [0.15, 0.2) is 0 Å². The summed E-state index contributed by atoms with van der Waals surface area (Å²) in [5.74, 6) is 3.90. The fourth-order valence-electron chi connectivity index (χ4n) is 5.53. The van der Waals surface area contributed by atoms with Gasteiger partial charge in [0, 0.05) is 12.0 Å². The van der Waals surface area contributed by atoms with Crippen molar-refractivity contribution < 1.29 is 4.74 Å². The van der Waals surface area contributed by atoms with Crippen LogP contribution < -0.4 is 5.32 Å². The van der Waals surface area contributed by atoms with Gasteiger partial charge in [-0.1, -0.05) is 6.42 Å². The van der Waals surface area contributed by atoms with Crippen molar-refractivity contribution in [3.63, 3.8) is 0 Å². The molecule has 4 fully saturated rings. The van der Waals surface area contributed by atoms with E-state index in [1.165, 1.54) is 44.9 Å². The van der Waals surface area contributed by atoms with Gasteiger partial charge in [0.15, 0.2) is 0 Å². The van der Waals surface area contributed by atoms with Crippen LogP contribution in [0.25, 0.3) is 0 Å². The molecule has 7 unspecified atom stereocenters. The lowest BCUT2D eigenvalue weighted by Gasteiger charge is -2.37. The maximum Gasteiger partial charge on any atom is 0.0623 e. The molecule has 1 N–H and O–H groups in total. The van der Waals surface area contributed by atoms with E-state index in [-0.39, 0.29) is 0 Å². The smallest absolute Gasteiger partial charge is 0.0623 e. The molecule has 0 radical (unpaired) electrons. The Morgan fingerprint density at radius 2 is 1.94 bits per heavy atom. The predicted octanol–water partition coefficient (Wildman–Crippen LogP) is 2.58. The van der Waals surface area contributed by atoms with Crippen molar-refractivity contribution >= 4 is 0 Å². The summed E-state index contributed by atoms with van der Waals surface area (Å²) in [5, 5.41) is 3.68. The minimum Gasteiger partial charge on any atom is -0.375 e. The van der Waals surface area contributed by atoms with E-state index in [9.17, 15) is 0 Å². The third kappa shape index (κ3) is 1.60. The highest BCUT2D eigenvalue weighted by Crippen LogP contribution is 2.52. The van der Waals surface area contributed by atoms with Crippen LogP contribution in [0.2, 0.25) is 0 Å². The van der Waals surface area contributed by atoms with Gasteiger partial charge in [-0.3, -0.25) is 0 Å². The quantitative estimate of drug-likeness (QED) is 0.812. The highest BCUT2D eigenvalue weighted by molar-refractivity contribution is 5.02. The SMILES string of the molecule is CNC(C1CC2CCC1C2)C1CC2CCC1O2. The molecule has 2 saturated carbocycles. The van der Waals surface area contributed by atoms with Gasteiger partial charge in [0.25, 0.3) is 0 Å². The van der Waals surface area contributed by atoms with E-state index in [0.29, 0.717) is 12.2 Å². The van der Waals surface area contributed by atoms with Crippen molar-refractivity contribution in [2.75, 3.05) is 7.05 Å². The van der Waals surface area contributed by atoms with Crippen molar-refractivity contribution in [3.05, 3.63) is 0 Å². The van der Waals surface area contributed by atoms with Crippen LogP contribution >= 0.6 is 0 Å². The standard InChI is InChI=1S/C15H25NO/c1-16-15(12-7-9-2-3-10(12)6-9)13-8-11-4-5-14(13)17-11/h9-16H,2-8H2,1H3. The zero-order valence-electron chi connectivity index (χ0n) is 10.9. The molecule has 96 valence electrons. The third-order valence-electron chi connectivity index (χ3n) is 6.20. The molecule has 0 aromatic heterocycles. The fourth-order valence-corrected chi connectivity index (χ4v) is 5.53. The summed E-state index contributed by atoms with van der Waals surface area (Å²) in [6.07, 6.45) is 11.3. The molecule has 4 aliphatic rings. The number of fused-ring (bicyclic) bond motifs is 4. The third-order valence-corrected chi connectivity index (χ3v) is 6.20. The average Bonchev–Trinajstić information content (AvgIpc) is 3.10. The number of hydrogen-bond acceptors (Lipinski definition) is 2. The predicted molar refractivity (Wildman–Crippen MR) is 67.8 cm³/mol. The molecule has 2 heteroatoms. The Morgan fingerprint density at radius 3 is 2.47 bits per heavy atom. The number of ether oxygens (including phenoxy) is 1. The molecular weight excluding hydrogens is 210 g/mol. The first kappa shape index (κ1) is 10.8. The van der Waals surface area contributed by atoms with Gasteiger partial charge < -0.3 is 10.1 Å². The minimum atomic E-state index is 0.594. The summed E-state index contributed by atoms with van der Waals surface area (Å²) in [6.45, 7) is 0. The lowest BCUT2D eigenvalue weighted by molar-refractivity contribution is 0.0750. The van der Waals surface area contributed by atoms with E-state index < -0.39 is 0 Å². The molecule has 2 aliphatic carbocycles. The molecule has 0 amide bonds. The van der Waals surface area contributed by atoms with Crippen LogP contribution in [0.3, 0.4) is 0 Å². The molecule has 2 heterocycles. The van der Waals surface area contributed by atoms with E-state index >= 15 is 0 Å². The highest BCUT2D eigenvalue weighted by atomic mass is 16.5. The van der Waals surface area contributed by atoms with Crippen LogP contribution in [-0.4, -0.2) is 25.3 Å². The van der Waals surface area contributed by atoms with Crippen LogP contribution in [0, 0.1) is 23.7 Å². The summed E-state index contributed by atoms with van der Waals surface area (Å²) in [4.78, 5) is 0. The van der Waals surface area contributed by atoms with Gasteiger partial charge in [-0.25, -0.2) is 0 Å². The first-order valence-corrected chi connectivity index (χ1v) is 7.68. The maximum absolute atomic E-state index is 6.07. The minimum absolute atomic E-state index is 0.594. The highest BCUT2D eigenvalue weighted by Gasteiger charge is 2.50. The molecule has 17 heavy (non-hydrogen) atoms. The molecule has 0 aromatic carbocycles. The van der Waals surface area contributed by atoms with Crippen LogP contribution in [-0.2, 0) is 4.74 Å². The number of nitrogens with one attached hydrogen (secondary N) is 1. The second-order valence-corrected chi connectivity index (χ2v) is 6.93. The molecule has 7 atom stereocenters. The van der Waals surface area contributed by atoms with Gasteiger partial charge >= 0.3 is 0 Å². The zero-order valence-corrected chi connectivity index (χ0v) is 10.9. The second-order valence-electron chi connectivity index (χ2n) is 6.93. The van der Waals surface area contributed by atoms with E-state index in [0.717, 1.165) is 29.7 Å². The maximum atomic E-state index is 6.07. The summed E-state index contributed by atoms with van der Waals surface area (Å²) in [6, 6.07) is 0.751. The summed E-state index contributed by atoms with van der Waals surface area (Å²) in [5.41, 5.74) is 0. The summed E-state index contributed by atoms with van der Waals surface area (Å²) in [7, 11) is 2.18. The van der Waals surface area contributed by atoms with Crippen molar-refractivity contribution in [1.82, 2.24) is 5.32 Å². The normalized spacial score (nSPS) is 53.5. The first-order valence-electron chi connectivity index (χ1n) is 7.68. The topological polar surface area (TPSA) is 21.3 Å². The largest absolute Gasteiger partial charge is 0.375 e. The second kappa shape index (κ2) is 3.96. The summed E-state index contributed by atoms with van der Waals surface area (Å²) < 4.78 is 6.07. The first-order chi connectivity index (χ1) is 8.35. The molecule has 2 nitrogen and oxygen atoms in total. The Kier molecular flexibility index (Phi) is 2.52. The van der Waals surface area contributed by atoms with Crippen LogP contribution in [0.4, 0.5) is 0 Å². The van der Waals surface area contributed by atoms with Crippen LogP contribution in [0.1, 0.15) is 44.9 Å².